The van der Waals surface area contributed by atoms with E-state index < -0.39 is 30.1 Å². The van der Waals surface area contributed by atoms with Crippen molar-refractivity contribution in [2.75, 3.05) is 64.9 Å². The zero-order chi connectivity index (χ0) is 34.1. The Hall–Kier alpha value is -3.48. The van der Waals surface area contributed by atoms with Crippen LogP contribution in [0.3, 0.4) is 0 Å². The quantitative estimate of drug-likeness (QED) is 0.335. The number of methoxy groups -OCH3 is 1. The number of carbonyl (C=O) groups excluding carboxylic acids is 3. The molecule has 2 fully saturated rings. The first-order valence-corrected chi connectivity index (χ1v) is 16.6. The molecule has 6 atom stereocenters. The Labute approximate surface area is 277 Å². The van der Waals surface area contributed by atoms with E-state index in [1.165, 1.54) is 19.2 Å². The van der Waals surface area contributed by atoms with Crippen molar-refractivity contribution in [3.8, 4) is 0 Å². The lowest BCUT2D eigenvalue weighted by molar-refractivity contribution is -0.151. The molecule has 0 bridgehead atoms. The smallest absolute Gasteiger partial charge is 0.410 e. The van der Waals surface area contributed by atoms with Crippen LogP contribution in [0.2, 0.25) is 0 Å². The minimum Gasteiger partial charge on any atom is -0.457 e. The van der Waals surface area contributed by atoms with Gasteiger partial charge in [0.1, 0.15) is 24.6 Å². The summed E-state index contributed by atoms with van der Waals surface area (Å²) in [5, 5.41) is 13.6. The molecule has 0 spiro atoms. The molecule has 4 rings (SSSR count). The lowest BCUT2D eigenvalue weighted by Crippen LogP contribution is -2.48. The molecular formula is C35H51FN4O7. The largest absolute Gasteiger partial charge is 0.457 e. The maximum atomic E-state index is 14.9. The van der Waals surface area contributed by atoms with E-state index in [0.29, 0.717) is 55.8 Å². The molecule has 3 aliphatic rings. The van der Waals surface area contributed by atoms with E-state index in [1.54, 1.807) is 11.0 Å². The van der Waals surface area contributed by atoms with Crippen LogP contribution in [0.5, 0.6) is 0 Å². The Balaban J connectivity index is 1.52. The third kappa shape index (κ3) is 10.8. The van der Waals surface area contributed by atoms with Gasteiger partial charge in [0.25, 0.3) is 0 Å². The van der Waals surface area contributed by atoms with Gasteiger partial charge in [-0.1, -0.05) is 26.0 Å². The molecule has 0 unspecified atom stereocenters. The van der Waals surface area contributed by atoms with Crippen LogP contribution < -0.4 is 10.2 Å². The number of aliphatic hydroxyl groups is 1. The summed E-state index contributed by atoms with van der Waals surface area (Å²) in [6.45, 7) is 9.69. The Morgan fingerprint density at radius 2 is 1.83 bits per heavy atom. The lowest BCUT2D eigenvalue weighted by atomic mass is 9.91. The van der Waals surface area contributed by atoms with Crippen molar-refractivity contribution in [3.05, 3.63) is 47.3 Å². The fraction of sp³-hybridized carbons (Fsp3) is 0.629. The van der Waals surface area contributed by atoms with Gasteiger partial charge in [-0.05, 0) is 74.6 Å². The Morgan fingerprint density at radius 3 is 2.55 bits per heavy atom. The number of piperazine rings is 1. The molecule has 0 saturated carbocycles. The van der Waals surface area contributed by atoms with E-state index in [1.807, 2.05) is 50.9 Å². The maximum Gasteiger partial charge on any atom is 0.410 e. The molecule has 1 aromatic rings. The van der Waals surface area contributed by atoms with E-state index in [-0.39, 0.29) is 42.9 Å². The summed E-state index contributed by atoms with van der Waals surface area (Å²) in [5.41, 5.74) is 2.00. The number of nitrogens with one attached hydrogen (secondary N) is 1. The van der Waals surface area contributed by atoms with Crippen molar-refractivity contribution in [2.45, 2.75) is 70.8 Å². The summed E-state index contributed by atoms with van der Waals surface area (Å²) >= 11 is 0. The molecule has 2 N–H and O–H groups in total. The summed E-state index contributed by atoms with van der Waals surface area (Å²) in [4.78, 5) is 43.9. The molecule has 2 saturated heterocycles. The minimum absolute atomic E-state index is 0.00949. The van der Waals surface area contributed by atoms with Gasteiger partial charge >= 0.3 is 12.1 Å². The third-order valence-corrected chi connectivity index (χ3v) is 9.20. The highest BCUT2D eigenvalue weighted by Gasteiger charge is 2.30. The second-order valence-electron chi connectivity index (χ2n) is 13.3. The van der Waals surface area contributed by atoms with Gasteiger partial charge < -0.3 is 39.3 Å². The molecule has 12 heteroatoms. The second kappa shape index (κ2) is 17.1. The van der Waals surface area contributed by atoms with Gasteiger partial charge in [0.15, 0.2) is 0 Å². The van der Waals surface area contributed by atoms with Gasteiger partial charge in [0, 0.05) is 64.0 Å². The SMILES string of the molecule is COCC(=O)N[C@H]1CCN(c2cc(F)cc(/C=C(\C)[C@H]3OC(=O)C[C@@H](O)CC[C@@H](C)[C@@H](OC(=O)N4CCN(C)CC4)/C=C/[C@@H]3C)c2)C1. The molecule has 3 aliphatic heterocycles. The van der Waals surface area contributed by atoms with Crippen LogP contribution in [-0.2, 0) is 23.8 Å². The van der Waals surface area contributed by atoms with Crippen molar-refractivity contribution in [1.29, 1.82) is 0 Å². The van der Waals surface area contributed by atoms with Crippen LogP contribution in [-0.4, -0.2) is 117 Å². The van der Waals surface area contributed by atoms with Crippen LogP contribution in [0.15, 0.2) is 35.9 Å². The highest BCUT2D eigenvalue weighted by molar-refractivity contribution is 5.77. The number of hydrogen-bond acceptors (Lipinski definition) is 9. The Bertz CT molecular complexity index is 1300. The molecule has 0 radical (unpaired) electrons. The van der Waals surface area contributed by atoms with Gasteiger partial charge in [-0.25, -0.2) is 9.18 Å². The highest BCUT2D eigenvalue weighted by atomic mass is 19.1. The number of rotatable bonds is 7. The molecule has 0 aliphatic carbocycles. The van der Waals surface area contributed by atoms with Gasteiger partial charge in [-0.2, -0.15) is 0 Å². The molecule has 11 nitrogen and oxygen atoms in total. The van der Waals surface area contributed by atoms with Crippen molar-refractivity contribution >= 4 is 29.7 Å². The molecule has 47 heavy (non-hydrogen) atoms. The van der Waals surface area contributed by atoms with Crippen LogP contribution in [0.25, 0.3) is 6.08 Å². The predicted octanol–water partition coefficient (Wildman–Crippen LogP) is 3.61. The Kier molecular flexibility index (Phi) is 13.2. The monoisotopic (exact) mass is 658 g/mol. The van der Waals surface area contributed by atoms with Crippen LogP contribution in [0.1, 0.15) is 52.0 Å². The topological polar surface area (TPSA) is 121 Å². The van der Waals surface area contributed by atoms with E-state index in [9.17, 15) is 23.9 Å². The predicted molar refractivity (Wildman–Crippen MR) is 177 cm³/mol. The number of halogens is 1. The number of amides is 2. The fourth-order valence-electron chi connectivity index (χ4n) is 6.35. The number of nitrogens with zero attached hydrogens (tertiary/aromatic N) is 3. The fourth-order valence-corrected chi connectivity index (χ4v) is 6.35. The number of carbonyl (C=O) groups is 3. The number of hydrogen-bond donors (Lipinski definition) is 2. The molecular weight excluding hydrogens is 607 g/mol. The first kappa shape index (κ1) is 36.4. The summed E-state index contributed by atoms with van der Waals surface area (Å²) in [6.07, 6.45) is 4.61. The van der Waals surface area contributed by atoms with Gasteiger partial charge in [0.05, 0.1) is 12.5 Å². The normalized spacial score (nSPS) is 29.0. The average Bonchev–Trinajstić information content (AvgIpc) is 3.48. The minimum atomic E-state index is -0.892. The molecule has 3 heterocycles. The van der Waals surface area contributed by atoms with Crippen molar-refractivity contribution < 1.29 is 38.1 Å². The van der Waals surface area contributed by atoms with Crippen LogP contribution in [0, 0.1) is 17.7 Å². The third-order valence-electron chi connectivity index (χ3n) is 9.20. The first-order chi connectivity index (χ1) is 22.4. The second-order valence-corrected chi connectivity index (χ2v) is 13.3. The summed E-state index contributed by atoms with van der Waals surface area (Å²) in [5.74, 6) is -1.50. The maximum absolute atomic E-state index is 14.9. The molecule has 2 amide bonds. The van der Waals surface area contributed by atoms with E-state index in [0.717, 1.165) is 19.5 Å². The van der Waals surface area contributed by atoms with Crippen LogP contribution >= 0.6 is 0 Å². The number of cyclic esters (lactones) is 1. The van der Waals surface area contributed by atoms with Crippen molar-refractivity contribution in [1.82, 2.24) is 15.1 Å². The zero-order valence-corrected chi connectivity index (χ0v) is 28.3. The highest BCUT2D eigenvalue weighted by Crippen LogP contribution is 2.28. The average molecular weight is 659 g/mol. The lowest BCUT2D eigenvalue weighted by Gasteiger charge is -2.33. The van der Waals surface area contributed by atoms with Crippen molar-refractivity contribution in [3.63, 3.8) is 0 Å². The molecule has 0 aromatic heterocycles. The number of benzene rings is 1. The first-order valence-electron chi connectivity index (χ1n) is 16.6. The molecule has 260 valence electrons. The van der Waals surface area contributed by atoms with E-state index >= 15 is 0 Å². The number of anilines is 1. The van der Waals surface area contributed by atoms with Gasteiger partial charge in [-0.15, -0.1) is 0 Å². The van der Waals surface area contributed by atoms with E-state index in [2.05, 4.69) is 10.2 Å². The van der Waals surface area contributed by atoms with Crippen LogP contribution in [0.4, 0.5) is 14.9 Å². The number of ether oxygens (including phenoxy) is 3. The number of aliphatic hydroxyl groups excluding tert-OH is 1. The van der Waals surface area contributed by atoms with Crippen molar-refractivity contribution in [2.24, 2.45) is 11.8 Å². The summed E-state index contributed by atoms with van der Waals surface area (Å²) in [7, 11) is 3.49. The van der Waals surface area contributed by atoms with Gasteiger partial charge in [0.2, 0.25) is 5.91 Å². The summed E-state index contributed by atoms with van der Waals surface area (Å²) in [6, 6.07) is 4.72. The number of esters is 1. The van der Waals surface area contributed by atoms with Gasteiger partial charge in [-0.3, -0.25) is 9.59 Å². The Morgan fingerprint density at radius 1 is 1.09 bits per heavy atom. The van der Waals surface area contributed by atoms with E-state index in [4.69, 9.17) is 14.2 Å². The summed E-state index contributed by atoms with van der Waals surface area (Å²) < 4.78 is 31.7. The standard InChI is InChI=1S/C35H51FN4O7/c1-23-6-8-30(41)20-33(43)47-34(24(2)7-9-31(23)46-35(44)39-14-12-38(4)13-15-39)25(3)16-26-17-27(36)19-29(18-26)40-11-10-28(21-40)37-32(42)22-45-5/h7,9,16-19,23-24,28,30-31,34,41H,6,8,10-15,20-22H2,1-5H3,(H,37,42)/b9-7+,25-16+/t23-,24+,28+,30+,31+,34+/m1/s1. The zero-order valence-electron chi connectivity index (χ0n) is 28.3. The molecule has 1 aromatic carbocycles. The number of likely N-dealkylation sites (N-methyl/N-ethyl adjacent to an activating group) is 1.